The maximum Gasteiger partial charge on any atom is 0.257 e. The third-order valence-corrected chi connectivity index (χ3v) is 5.20. The van der Waals surface area contributed by atoms with Crippen LogP contribution in [0.3, 0.4) is 0 Å². The predicted octanol–water partition coefficient (Wildman–Crippen LogP) is 4.81. The highest BCUT2D eigenvalue weighted by molar-refractivity contribution is 6.32. The Hall–Kier alpha value is -4.64. The van der Waals surface area contributed by atoms with Crippen molar-refractivity contribution in [3.63, 3.8) is 0 Å². The van der Waals surface area contributed by atoms with Gasteiger partial charge in [0.25, 0.3) is 11.8 Å². The SMILES string of the molecule is Cn1nnnc1/C(=N\OCc1nnc(-c2cccc(Cl)c2Oc2cccc(F)c2)o1)c1ccccc1. The van der Waals surface area contributed by atoms with Gasteiger partial charge in [0, 0.05) is 18.7 Å². The van der Waals surface area contributed by atoms with Gasteiger partial charge in [-0.3, -0.25) is 0 Å². The van der Waals surface area contributed by atoms with Crippen LogP contribution in [0.15, 0.2) is 82.4 Å². The van der Waals surface area contributed by atoms with Crippen molar-refractivity contribution in [3.8, 4) is 23.0 Å². The van der Waals surface area contributed by atoms with Crippen LogP contribution >= 0.6 is 11.6 Å². The van der Waals surface area contributed by atoms with Gasteiger partial charge >= 0.3 is 0 Å². The van der Waals surface area contributed by atoms with E-state index in [2.05, 4.69) is 30.9 Å². The monoisotopic (exact) mass is 505 g/mol. The summed E-state index contributed by atoms with van der Waals surface area (Å²) < 4.78 is 26.7. The lowest BCUT2D eigenvalue weighted by Crippen LogP contribution is -2.12. The number of benzene rings is 3. The second-order valence-electron chi connectivity index (χ2n) is 7.38. The second kappa shape index (κ2) is 10.3. The van der Waals surface area contributed by atoms with Gasteiger partial charge in [0.1, 0.15) is 11.6 Å². The first-order chi connectivity index (χ1) is 17.6. The quantitative estimate of drug-likeness (QED) is 0.218. The van der Waals surface area contributed by atoms with Gasteiger partial charge in [-0.25, -0.2) is 9.07 Å². The molecule has 5 rings (SSSR count). The van der Waals surface area contributed by atoms with Crippen molar-refractivity contribution < 1.29 is 18.4 Å². The molecule has 12 heteroatoms. The molecule has 0 bridgehead atoms. The number of halogens is 2. The van der Waals surface area contributed by atoms with E-state index in [4.69, 9.17) is 25.6 Å². The minimum Gasteiger partial charge on any atom is -0.455 e. The summed E-state index contributed by atoms with van der Waals surface area (Å²) >= 11 is 6.34. The fourth-order valence-corrected chi connectivity index (χ4v) is 3.46. The summed E-state index contributed by atoms with van der Waals surface area (Å²) in [4.78, 5) is 5.51. The van der Waals surface area contributed by atoms with Crippen LogP contribution in [0.5, 0.6) is 11.5 Å². The van der Waals surface area contributed by atoms with Gasteiger partial charge in [-0.05, 0) is 34.7 Å². The van der Waals surface area contributed by atoms with E-state index in [-0.39, 0.29) is 29.9 Å². The number of hydrogen-bond donors (Lipinski definition) is 0. The molecule has 36 heavy (non-hydrogen) atoms. The number of tetrazole rings is 1. The summed E-state index contributed by atoms with van der Waals surface area (Å²) in [5, 5.41) is 24.1. The Morgan fingerprint density at radius 3 is 2.64 bits per heavy atom. The van der Waals surface area contributed by atoms with E-state index in [9.17, 15) is 4.39 Å². The summed E-state index contributed by atoms with van der Waals surface area (Å²) in [7, 11) is 1.70. The van der Waals surface area contributed by atoms with E-state index in [0.717, 1.165) is 5.56 Å². The number of nitrogens with zero attached hydrogens (tertiary/aromatic N) is 7. The number of para-hydroxylation sites is 1. The van der Waals surface area contributed by atoms with E-state index >= 15 is 0 Å². The van der Waals surface area contributed by atoms with Gasteiger partial charge in [-0.2, -0.15) is 0 Å². The fraction of sp³-hybridized carbons (Fsp3) is 0.0833. The van der Waals surface area contributed by atoms with Crippen LogP contribution in [0.2, 0.25) is 5.02 Å². The van der Waals surface area contributed by atoms with Crippen molar-refractivity contribution in [3.05, 3.63) is 101 Å². The Morgan fingerprint density at radius 2 is 1.86 bits per heavy atom. The lowest BCUT2D eigenvalue weighted by atomic mass is 10.1. The van der Waals surface area contributed by atoms with Crippen LogP contribution in [-0.2, 0) is 18.5 Å². The van der Waals surface area contributed by atoms with Crippen LogP contribution in [0, 0.1) is 5.82 Å². The summed E-state index contributed by atoms with van der Waals surface area (Å²) in [6.45, 7) is -0.116. The van der Waals surface area contributed by atoms with E-state index in [0.29, 0.717) is 22.1 Å². The van der Waals surface area contributed by atoms with Crippen molar-refractivity contribution in [2.24, 2.45) is 12.2 Å². The molecule has 10 nitrogen and oxygen atoms in total. The Kier molecular flexibility index (Phi) is 6.63. The molecule has 0 radical (unpaired) electrons. The van der Waals surface area contributed by atoms with E-state index in [1.165, 1.54) is 22.9 Å². The molecule has 5 aromatic rings. The molecule has 0 fully saturated rings. The second-order valence-corrected chi connectivity index (χ2v) is 7.79. The van der Waals surface area contributed by atoms with Crippen molar-refractivity contribution in [1.82, 2.24) is 30.4 Å². The van der Waals surface area contributed by atoms with Crippen LogP contribution in [0.25, 0.3) is 11.5 Å². The topological polar surface area (TPSA) is 113 Å². The smallest absolute Gasteiger partial charge is 0.257 e. The summed E-state index contributed by atoms with van der Waals surface area (Å²) in [6, 6.07) is 20.1. The average Bonchev–Trinajstić information content (AvgIpc) is 3.53. The highest BCUT2D eigenvalue weighted by atomic mass is 35.5. The van der Waals surface area contributed by atoms with E-state index in [1.807, 2.05) is 30.3 Å². The third-order valence-electron chi connectivity index (χ3n) is 4.90. The molecule has 0 saturated carbocycles. The number of oxime groups is 1. The molecule has 0 atom stereocenters. The first-order valence-corrected chi connectivity index (χ1v) is 11.0. The largest absolute Gasteiger partial charge is 0.455 e. The Balaban J connectivity index is 1.37. The molecule has 3 aromatic carbocycles. The predicted molar refractivity (Wildman–Crippen MR) is 127 cm³/mol. The van der Waals surface area contributed by atoms with Crippen LogP contribution in [0.1, 0.15) is 17.3 Å². The number of hydrogen-bond acceptors (Lipinski definition) is 9. The minimum absolute atomic E-state index is 0.116. The molecule has 0 unspecified atom stereocenters. The molecule has 0 aliphatic heterocycles. The Morgan fingerprint density at radius 1 is 1.03 bits per heavy atom. The minimum atomic E-state index is -0.439. The molecule has 0 amide bonds. The first kappa shape index (κ1) is 23.1. The Bertz CT molecular complexity index is 1520. The molecule has 0 aliphatic rings. The number of rotatable bonds is 8. The maximum absolute atomic E-state index is 13.6. The van der Waals surface area contributed by atoms with Gasteiger partial charge in [0.05, 0.1) is 10.6 Å². The molecular formula is C24H17ClFN7O3. The highest BCUT2D eigenvalue weighted by Crippen LogP contribution is 2.38. The van der Waals surface area contributed by atoms with Gasteiger partial charge in [0.15, 0.2) is 18.1 Å². The summed E-state index contributed by atoms with van der Waals surface area (Å²) in [6.07, 6.45) is 0. The lowest BCUT2D eigenvalue weighted by Gasteiger charge is -2.10. The van der Waals surface area contributed by atoms with Gasteiger partial charge < -0.3 is 14.0 Å². The number of aromatic nitrogens is 6. The summed E-state index contributed by atoms with van der Waals surface area (Å²) in [5.41, 5.74) is 1.63. The molecule has 0 N–H and O–H groups in total. The summed E-state index contributed by atoms with van der Waals surface area (Å²) in [5.74, 6) is 0.811. The standard InChI is InChI=1S/C24H17ClFN7O3/c1-33-23(28-31-32-33)21(15-7-3-2-4-8-15)30-34-14-20-27-29-24(36-20)18-11-6-12-19(25)22(18)35-17-10-5-9-16(26)13-17/h2-13H,14H2,1H3/b30-21-. The molecule has 0 aliphatic carbocycles. The average molecular weight is 506 g/mol. The number of aryl methyl sites for hydroxylation is 1. The van der Waals surface area contributed by atoms with Gasteiger partial charge in [-0.15, -0.1) is 15.3 Å². The maximum atomic E-state index is 13.6. The lowest BCUT2D eigenvalue weighted by molar-refractivity contribution is 0.111. The zero-order valence-electron chi connectivity index (χ0n) is 18.7. The van der Waals surface area contributed by atoms with E-state index in [1.54, 1.807) is 31.3 Å². The Labute approximate surface area is 208 Å². The van der Waals surface area contributed by atoms with E-state index < -0.39 is 5.82 Å². The molecular weight excluding hydrogens is 489 g/mol. The van der Waals surface area contributed by atoms with Crippen LogP contribution in [-0.4, -0.2) is 36.1 Å². The zero-order chi connectivity index (χ0) is 24.9. The fourth-order valence-electron chi connectivity index (χ4n) is 3.25. The zero-order valence-corrected chi connectivity index (χ0v) is 19.5. The van der Waals surface area contributed by atoms with Crippen LogP contribution < -0.4 is 4.74 Å². The molecule has 0 spiro atoms. The molecule has 180 valence electrons. The van der Waals surface area contributed by atoms with Gasteiger partial charge in [0.2, 0.25) is 5.82 Å². The van der Waals surface area contributed by atoms with Crippen molar-refractivity contribution in [2.75, 3.05) is 0 Å². The van der Waals surface area contributed by atoms with Gasteiger partial charge in [-0.1, -0.05) is 59.2 Å². The third kappa shape index (κ3) is 5.05. The van der Waals surface area contributed by atoms with Crippen molar-refractivity contribution in [2.45, 2.75) is 6.61 Å². The molecule has 0 saturated heterocycles. The normalized spacial score (nSPS) is 11.5. The first-order valence-electron chi connectivity index (χ1n) is 10.6. The molecule has 2 heterocycles. The van der Waals surface area contributed by atoms with Crippen LogP contribution in [0.4, 0.5) is 4.39 Å². The van der Waals surface area contributed by atoms with Crippen molar-refractivity contribution in [1.29, 1.82) is 0 Å². The molecule has 2 aromatic heterocycles. The number of ether oxygens (including phenoxy) is 1. The van der Waals surface area contributed by atoms with Crippen molar-refractivity contribution >= 4 is 17.3 Å². The highest BCUT2D eigenvalue weighted by Gasteiger charge is 2.19.